The molecule has 1 saturated carbocycles. The van der Waals surface area contributed by atoms with E-state index in [2.05, 4.69) is 19.1 Å². The van der Waals surface area contributed by atoms with Crippen LogP contribution < -0.4 is 0 Å². The fourth-order valence-corrected chi connectivity index (χ4v) is 1.93. The van der Waals surface area contributed by atoms with Gasteiger partial charge in [-0.1, -0.05) is 12.2 Å². The molecular weight excluding hydrogens is 148 g/mol. The maximum Gasteiger partial charge on any atom is 0.0571 e. The molecule has 0 atom stereocenters. The van der Waals surface area contributed by atoms with Crippen LogP contribution in [0.15, 0.2) is 12.2 Å². The summed E-state index contributed by atoms with van der Waals surface area (Å²) < 4.78 is 5.33. The maximum absolute atomic E-state index is 5.33. The van der Waals surface area contributed by atoms with Crippen LogP contribution in [-0.4, -0.2) is 13.2 Å². The first-order valence-corrected chi connectivity index (χ1v) is 5.00. The Labute approximate surface area is 75.8 Å². The number of ether oxygens (including phenoxy) is 1. The molecule has 0 heterocycles. The highest BCUT2D eigenvalue weighted by Crippen LogP contribution is 2.28. The number of rotatable bonds is 3. The van der Waals surface area contributed by atoms with Crippen LogP contribution in [0, 0.1) is 5.92 Å². The van der Waals surface area contributed by atoms with E-state index in [0.29, 0.717) is 6.10 Å². The van der Waals surface area contributed by atoms with Crippen molar-refractivity contribution in [3.8, 4) is 0 Å². The highest BCUT2D eigenvalue weighted by atomic mass is 16.5. The summed E-state index contributed by atoms with van der Waals surface area (Å²) in [5, 5.41) is 0. The van der Waals surface area contributed by atoms with Crippen LogP contribution in [0.5, 0.6) is 0 Å². The Bertz CT molecular complexity index is 132. The molecule has 0 unspecified atom stereocenters. The lowest BCUT2D eigenvalue weighted by atomic mass is 9.85. The summed E-state index contributed by atoms with van der Waals surface area (Å²) in [4.78, 5) is 0. The first-order chi connectivity index (χ1) is 5.86. The second-order valence-corrected chi connectivity index (χ2v) is 3.68. The molecule has 1 heteroatoms. The van der Waals surface area contributed by atoms with Gasteiger partial charge in [-0.15, -0.1) is 0 Å². The zero-order chi connectivity index (χ0) is 8.81. The van der Waals surface area contributed by atoms with Gasteiger partial charge in [0.2, 0.25) is 0 Å². The second kappa shape index (κ2) is 5.36. The van der Waals surface area contributed by atoms with Crippen LogP contribution in [0.4, 0.5) is 0 Å². The molecule has 1 aliphatic carbocycles. The predicted molar refractivity (Wildman–Crippen MR) is 52.2 cm³/mol. The fraction of sp³-hybridized carbons (Fsp3) is 0.818. The Hall–Kier alpha value is -0.300. The van der Waals surface area contributed by atoms with Crippen molar-refractivity contribution in [1.82, 2.24) is 0 Å². The molecule has 0 N–H and O–H groups in total. The fourth-order valence-electron chi connectivity index (χ4n) is 1.93. The lowest BCUT2D eigenvalue weighted by Gasteiger charge is -2.26. The molecule has 1 fully saturated rings. The summed E-state index contributed by atoms with van der Waals surface area (Å²) in [6.07, 6.45) is 11.5. The van der Waals surface area contributed by atoms with E-state index in [1.165, 1.54) is 32.1 Å². The Morgan fingerprint density at radius 1 is 1.25 bits per heavy atom. The van der Waals surface area contributed by atoms with Gasteiger partial charge in [0.05, 0.1) is 6.10 Å². The van der Waals surface area contributed by atoms with Crippen molar-refractivity contribution in [3.63, 3.8) is 0 Å². The van der Waals surface area contributed by atoms with Gasteiger partial charge in [0.15, 0.2) is 0 Å². The molecule has 0 aliphatic heterocycles. The van der Waals surface area contributed by atoms with Crippen LogP contribution in [0.2, 0.25) is 0 Å². The van der Waals surface area contributed by atoms with E-state index in [9.17, 15) is 0 Å². The van der Waals surface area contributed by atoms with E-state index in [1.54, 1.807) is 0 Å². The van der Waals surface area contributed by atoms with Crippen LogP contribution in [0.1, 0.15) is 39.0 Å². The van der Waals surface area contributed by atoms with Gasteiger partial charge in [-0.25, -0.2) is 0 Å². The number of methoxy groups -OCH3 is 1. The minimum atomic E-state index is 0.548. The van der Waals surface area contributed by atoms with Gasteiger partial charge in [-0.05, 0) is 44.9 Å². The number of allylic oxidation sites excluding steroid dienone is 2. The van der Waals surface area contributed by atoms with Gasteiger partial charge in [-0.2, -0.15) is 0 Å². The number of hydrogen-bond donors (Lipinski definition) is 0. The molecule has 0 aromatic heterocycles. The van der Waals surface area contributed by atoms with Crippen molar-refractivity contribution < 1.29 is 4.74 Å². The molecular formula is C11H20O. The third kappa shape index (κ3) is 2.98. The molecule has 70 valence electrons. The highest BCUT2D eigenvalue weighted by molar-refractivity contribution is 4.83. The third-order valence-corrected chi connectivity index (χ3v) is 2.83. The van der Waals surface area contributed by atoms with Gasteiger partial charge in [0.1, 0.15) is 0 Å². The zero-order valence-electron chi connectivity index (χ0n) is 8.25. The van der Waals surface area contributed by atoms with Crippen LogP contribution in [0.25, 0.3) is 0 Å². The average molecular weight is 168 g/mol. The molecule has 0 aromatic carbocycles. The lowest BCUT2D eigenvalue weighted by Crippen LogP contribution is -2.19. The molecule has 0 radical (unpaired) electrons. The quantitative estimate of drug-likeness (QED) is 0.588. The monoisotopic (exact) mass is 168 g/mol. The lowest BCUT2D eigenvalue weighted by molar-refractivity contribution is 0.0572. The summed E-state index contributed by atoms with van der Waals surface area (Å²) in [5.74, 6) is 0.924. The Morgan fingerprint density at radius 2 is 1.92 bits per heavy atom. The van der Waals surface area contributed by atoms with Gasteiger partial charge < -0.3 is 4.74 Å². The van der Waals surface area contributed by atoms with Crippen molar-refractivity contribution >= 4 is 0 Å². The standard InChI is InChI=1S/C11H20O/c1-3-4-5-10-6-8-11(12-2)9-7-10/h3-4,10-11H,5-9H2,1-2H3/b4-3+. The minimum Gasteiger partial charge on any atom is -0.381 e. The molecule has 0 spiro atoms. The zero-order valence-corrected chi connectivity index (χ0v) is 8.25. The van der Waals surface area contributed by atoms with E-state index < -0.39 is 0 Å². The van der Waals surface area contributed by atoms with Crippen molar-refractivity contribution in [2.45, 2.75) is 45.1 Å². The van der Waals surface area contributed by atoms with Gasteiger partial charge in [0.25, 0.3) is 0 Å². The first kappa shape index (κ1) is 9.79. The van der Waals surface area contributed by atoms with E-state index in [4.69, 9.17) is 4.74 Å². The molecule has 0 saturated heterocycles. The summed E-state index contributed by atoms with van der Waals surface area (Å²) in [6.45, 7) is 2.10. The molecule has 1 nitrogen and oxygen atoms in total. The summed E-state index contributed by atoms with van der Waals surface area (Å²) in [6, 6.07) is 0. The second-order valence-electron chi connectivity index (χ2n) is 3.68. The SMILES string of the molecule is C/C=C/CC1CCC(OC)CC1. The van der Waals surface area contributed by atoms with E-state index >= 15 is 0 Å². The maximum atomic E-state index is 5.33. The van der Waals surface area contributed by atoms with E-state index in [-0.39, 0.29) is 0 Å². The smallest absolute Gasteiger partial charge is 0.0571 e. The topological polar surface area (TPSA) is 9.23 Å². The Kier molecular flexibility index (Phi) is 4.37. The van der Waals surface area contributed by atoms with Crippen molar-refractivity contribution in [2.75, 3.05) is 7.11 Å². The molecule has 1 rings (SSSR count). The van der Waals surface area contributed by atoms with E-state index in [0.717, 1.165) is 5.92 Å². The molecule has 0 aromatic rings. The van der Waals surface area contributed by atoms with Crippen molar-refractivity contribution in [3.05, 3.63) is 12.2 Å². The van der Waals surface area contributed by atoms with Crippen LogP contribution >= 0.6 is 0 Å². The van der Waals surface area contributed by atoms with Gasteiger partial charge in [-0.3, -0.25) is 0 Å². The summed E-state index contributed by atoms with van der Waals surface area (Å²) >= 11 is 0. The Morgan fingerprint density at radius 3 is 2.42 bits per heavy atom. The van der Waals surface area contributed by atoms with Crippen LogP contribution in [-0.2, 0) is 4.74 Å². The average Bonchev–Trinajstić information content (AvgIpc) is 2.15. The number of hydrogen-bond acceptors (Lipinski definition) is 1. The summed E-state index contributed by atoms with van der Waals surface area (Å²) in [5.41, 5.74) is 0. The normalized spacial score (nSPS) is 31.2. The summed E-state index contributed by atoms with van der Waals surface area (Å²) in [7, 11) is 1.83. The molecule has 1 aliphatic rings. The first-order valence-electron chi connectivity index (χ1n) is 5.00. The van der Waals surface area contributed by atoms with E-state index in [1.807, 2.05) is 7.11 Å². The molecule has 12 heavy (non-hydrogen) atoms. The molecule has 0 bridgehead atoms. The largest absolute Gasteiger partial charge is 0.381 e. The third-order valence-electron chi connectivity index (χ3n) is 2.83. The van der Waals surface area contributed by atoms with Crippen molar-refractivity contribution in [1.29, 1.82) is 0 Å². The minimum absolute atomic E-state index is 0.548. The van der Waals surface area contributed by atoms with Gasteiger partial charge in [0, 0.05) is 7.11 Å². The van der Waals surface area contributed by atoms with Crippen LogP contribution in [0.3, 0.4) is 0 Å². The molecule has 0 amide bonds. The van der Waals surface area contributed by atoms with Gasteiger partial charge >= 0.3 is 0 Å². The Balaban J connectivity index is 2.17. The highest BCUT2D eigenvalue weighted by Gasteiger charge is 2.19. The predicted octanol–water partition coefficient (Wildman–Crippen LogP) is 3.16. The van der Waals surface area contributed by atoms with Crippen molar-refractivity contribution in [2.24, 2.45) is 5.92 Å².